The molecule has 1 rings (SSSR count). The molecule has 0 radical (unpaired) electrons. The maximum absolute atomic E-state index is 12.0. The average Bonchev–Trinajstić information content (AvgIpc) is 2.23. The summed E-state index contributed by atoms with van der Waals surface area (Å²) in [6.07, 6.45) is 3.09. The fraction of sp³-hybridized carbons (Fsp3) is 0.833. The minimum Gasteiger partial charge on any atom is -0.370 e. The van der Waals surface area contributed by atoms with Crippen LogP contribution in [0.1, 0.15) is 39.5 Å². The standard InChI is InChI=1S/C12H23N3O2/c1-12(2)6-4-8-14-10(12)11(17)15-7-3-5-9(13)16/h10,14H,3-8H2,1-2H3,(H2,13,16)(H,15,17). The number of hydrogen-bond donors (Lipinski definition) is 3. The highest BCUT2D eigenvalue weighted by Gasteiger charge is 2.36. The molecular formula is C12H23N3O2. The third-order valence-electron chi connectivity index (χ3n) is 3.29. The summed E-state index contributed by atoms with van der Waals surface area (Å²) in [5.41, 5.74) is 5.02. The summed E-state index contributed by atoms with van der Waals surface area (Å²) < 4.78 is 0. The molecule has 5 nitrogen and oxygen atoms in total. The van der Waals surface area contributed by atoms with Gasteiger partial charge in [-0.15, -0.1) is 0 Å². The van der Waals surface area contributed by atoms with Crippen molar-refractivity contribution >= 4 is 11.8 Å². The molecule has 0 aliphatic carbocycles. The molecule has 2 amide bonds. The van der Waals surface area contributed by atoms with Crippen molar-refractivity contribution in [3.63, 3.8) is 0 Å². The Bertz CT molecular complexity index is 289. The summed E-state index contributed by atoms with van der Waals surface area (Å²) >= 11 is 0. The average molecular weight is 241 g/mol. The van der Waals surface area contributed by atoms with Crippen LogP contribution in [0.25, 0.3) is 0 Å². The molecule has 98 valence electrons. The van der Waals surface area contributed by atoms with Crippen molar-refractivity contribution in [3.05, 3.63) is 0 Å². The number of carbonyl (C=O) groups excluding carboxylic acids is 2. The molecule has 1 aliphatic rings. The first-order valence-corrected chi connectivity index (χ1v) is 6.23. The van der Waals surface area contributed by atoms with Gasteiger partial charge in [-0.05, 0) is 31.2 Å². The van der Waals surface area contributed by atoms with Gasteiger partial charge in [0.25, 0.3) is 0 Å². The van der Waals surface area contributed by atoms with E-state index in [1.807, 2.05) is 0 Å². The zero-order chi connectivity index (χ0) is 12.9. The third-order valence-corrected chi connectivity index (χ3v) is 3.29. The quantitative estimate of drug-likeness (QED) is 0.599. The van der Waals surface area contributed by atoms with Crippen LogP contribution in [0.4, 0.5) is 0 Å². The van der Waals surface area contributed by atoms with E-state index in [0.717, 1.165) is 19.4 Å². The second kappa shape index (κ2) is 6.00. The van der Waals surface area contributed by atoms with Gasteiger partial charge in [-0.25, -0.2) is 0 Å². The Labute approximate surface area is 103 Å². The van der Waals surface area contributed by atoms with Crippen LogP contribution in [0.2, 0.25) is 0 Å². The normalized spacial score (nSPS) is 23.1. The SMILES string of the molecule is CC1(C)CCCNC1C(=O)NCCCC(N)=O. The van der Waals surface area contributed by atoms with E-state index in [4.69, 9.17) is 5.73 Å². The van der Waals surface area contributed by atoms with E-state index in [-0.39, 0.29) is 23.3 Å². The number of carbonyl (C=O) groups is 2. The molecule has 5 heteroatoms. The van der Waals surface area contributed by atoms with Crippen molar-refractivity contribution in [2.75, 3.05) is 13.1 Å². The number of primary amides is 1. The third kappa shape index (κ3) is 4.34. The van der Waals surface area contributed by atoms with Crippen LogP contribution in [-0.4, -0.2) is 30.9 Å². The van der Waals surface area contributed by atoms with E-state index in [9.17, 15) is 9.59 Å². The van der Waals surface area contributed by atoms with Gasteiger partial charge in [0.05, 0.1) is 6.04 Å². The van der Waals surface area contributed by atoms with Gasteiger partial charge in [0.15, 0.2) is 0 Å². The van der Waals surface area contributed by atoms with Crippen LogP contribution in [-0.2, 0) is 9.59 Å². The van der Waals surface area contributed by atoms with Crippen molar-refractivity contribution in [2.24, 2.45) is 11.1 Å². The van der Waals surface area contributed by atoms with Gasteiger partial charge in [0.2, 0.25) is 11.8 Å². The van der Waals surface area contributed by atoms with E-state index in [0.29, 0.717) is 19.4 Å². The van der Waals surface area contributed by atoms with Crippen molar-refractivity contribution in [3.8, 4) is 0 Å². The highest BCUT2D eigenvalue weighted by atomic mass is 16.2. The molecule has 1 unspecified atom stereocenters. The Morgan fingerprint density at radius 2 is 2.18 bits per heavy atom. The molecule has 17 heavy (non-hydrogen) atoms. The van der Waals surface area contributed by atoms with Crippen molar-refractivity contribution in [1.82, 2.24) is 10.6 Å². The topological polar surface area (TPSA) is 84.2 Å². The van der Waals surface area contributed by atoms with Crippen LogP contribution >= 0.6 is 0 Å². The van der Waals surface area contributed by atoms with E-state index >= 15 is 0 Å². The summed E-state index contributed by atoms with van der Waals surface area (Å²) in [5, 5.41) is 6.11. The number of amides is 2. The van der Waals surface area contributed by atoms with E-state index in [1.165, 1.54) is 0 Å². The summed E-state index contributed by atoms with van der Waals surface area (Å²) in [5.74, 6) is -0.297. The second-order valence-electron chi connectivity index (χ2n) is 5.34. The molecule has 0 aromatic heterocycles. The van der Waals surface area contributed by atoms with Crippen molar-refractivity contribution in [1.29, 1.82) is 0 Å². The molecule has 0 saturated carbocycles. The first kappa shape index (κ1) is 14.0. The van der Waals surface area contributed by atoms with Crippen LogP contribution in [0.15, 0.2) is 0 Å². The maximum atomic E-state index is 12.0. The maximum Gasteiger partial charge on any atom is 0.237 e. The van der Waals surface area contributed by atoms with Gasteiger partial charge >= 0.3 is 0 Å². The van der Waals surface area contributed by atoms with E-state index in [2.05, 4.69) is 24.5 Å². The minimum absolute atomic E-state index is 0.00792. The first-order valence-electron chi connectivity index (χ1n) is 6.23. The van der Waals surface area contributed by atoms with Crippen molar-refractivity contribution < 1.29 is 9.59 Å². The van der Waals surface area contributed by atoms with Gasteiger partial charge in [-0.2, -0.15) is 0 Å². The summed E-state index contributed by atoms with van der Waals surface area (Å²) in [7, 11) is 0. The number of nitrogens with two attached hydrogens (primary N) is 1. The van der Waals surface area contributed by atoms with Crippen LogP contribution in [0.5, 0.6) is 0 Å². The second-order valence-corrected chi connectivity index (χ2v) is 5.34. The van der Waals surface area contributed by atoms with Crippen LogP contribution in [0, 0.1) is 5.41 Å². The molecule has 1 aliphatic heterocycles. The predicted molar refractivity (Wildman–Crippen MR) is 66.2 cm³/mol. The Kier molecular flexibility index (Phi) is 4.93. The van der Waals surface area contributed by atoms with Gasteiger partial charge < -0.3 is 16.4 Å². The molecule has 0 bridgehead atoms. The monoisotopic (exact) mass is 241 g/mol. The van der Waals surface area contributed by atoms with Crippen LogP contribution in [0.3, 0.4) is 0 Å². The molecule has 1 heterocycles. The summed E-state index contributed by atoms with van der Waals surface area (Å²) in [4.78, 5) is 22.5. The largest absolute Gasteiger partial charge is 0.370 e. The molecule has 1 atom stereocenters. The Morgan fingerprint density at radius 3 is 2.76 bits per heavy atom. The van der Waals surface area contributed by atoms with E-state index < -0.39 is 0 Å². The summed E-state index contributed by atoms with van der Waals surface area (Å²) in [6.45, 7) is 5.61. The highest BCUT2D eigenvalue weighted by molar-refractivity contribution is 5.82. The van der Waals surface area contributed by atoms with Gasteiger partial charge in [-0.3, -0.25) is 9.59 Å². The lowest BCUT2D eigenvalue weighted by atomic mass is 9.77. The number of piperidine rings is 1. The first-order chi connectivity index (χ1) is 7.93. The lowest BCUT2D eigenvalue weighted by Gasteiger charge is -2.38. The predicted octanol–water partition coefficient (Wildman–Crippen LogP) is 0.146. The zero-order valence-electron chi connectivity index (χ0n) is 10.7. The molecular weight excluding hydrogens is 218 g/mol. The highest BCUT2D eigenvalue weighted by Crippen LogP contribution is 2.29. The smallest absolute Gasteiger partial charge is 0.237 e. The molecule has 1 saturated heterocycles. The molecule has 1 fully saturated rings. The van der Waals surface area contributed by atoms with E-state index in [1.54, 1.807) is 0 Å². The minimum atomic E-state index is -0.324. The fourth-order valence-corrected chi connectivity index (χ4v) is 2.23. The zero-order valence-corrected chi connectivity index (χ0v) is 10.7. The van der Waals surface area contributed by atoms with Gasteiger partial charge in [0, 0.05) is 13.0 Å². The molecule has 0 aromatic carbocycles. The van der Waals surface area contributed by atoms with Gasteiger partial charge in [0.1, 0.15) is 0 Å². The molecule has 0 spiro atoms. The lowest BCUT2D eigenvalue weighted by molar-refractivity contribution is -0.127. The number of hydrogen-bond acceptors (Lipinski definition) is 3. The Balaban J connectivity index is 2.33. The number of nitrogens with one attached hydrogen (secondary N) is 2. The Hall–Kier alpha value is -1.10. The van der Waals surface area contributed by atoms with Crippen LogP contribution < -0.4 is 16.4 Å². The summed E-state index contributed by atoms with van der Waals surface area (Å²) in [6, 6.07) is -0.134. The molecule has 0 aromatic rings. The van der Waals surface area contributed by atoms with Gasteiger partial charge in [-0.1, -0.05) is 13.8 Å². The number of rotatable bonds is 5. The lowest BCUT2D eigenvalue weighted by Crippen LogP contribution is -2.55. The molecule has 4 N–H and O–H groups in total. The van der Waals surface area contributed by atoms with Crippen molar-refractivity contribution in [2.45, 2.75) is 45.6 Å². The Morgan fingerprint density at radius 1 is 1.47 bits per heavy atom. The fourth-order valence-electron chi connectivity index (χ4n) is 2.23.